The fourth-order valence-electron chi connectivity index (χ4n) is 1.62. The first kappa shape index (κ1) is 20.4. The molecule has 0 spiro atoms. The number of hydrogen-bond donors (Lipinski definition) is 5. The summed E-state index contributed by atoms with van der Waals surface area (Å²) in [7, 11) is -4.73. The van der Waals surface area contributed by atoms with Crippen molar-refractivity contribution >= 4 is 46.0 Å². The highest BCUT2D eigenvalue weighted by Gasteiger charge is 2.18. The zero-order valence-corrected chi connectivity index (χ0v) is 14.6. The van der Waals surface area contributed by atoms with Crippen LogP contribution in [-0.4, -0.2) is 30.6 Å². The van der Waals surface area contributed by atoms with Crippen molar-refractivity contribution in [2.24, 2.45) is 11.5 Å². The van der Waals surface area contributed by atoms with E-state index in [1.54, 1.807) is 0 Å². The number of anilines is 1. The highest BCUT2D eigenvalue weighted by atomic mass is 32.2. The zero-order valence-electron chi connectivity index (χ0n) is 12.9. The quantitative estimate of drug-likeness (QED) is 0.116. The fraction of sp³-hybridized carbons (Fsp3) is 0.0714. The molecule has 0 aliphatic carbocycles. The van der Waals surface area contributed by atoms with Gasteiger partial charge in [0.25, 0.3) is 5.91 Å². The number of nitrogens with two attached hydrogens (primary N) is 2. The molecule has 0 bridgehead atoms. The third-order valence-corrected chi connectivity index (χ3v) is 4.14. The number of benzene rings is 1. The maximum absolute atomic E-state index is 12.2. The number of hydrogen-bond acceptors (Lipinski definition) is 7. The molecule has 0 aliphatic rings. The number of carbonyl (C=O) groups excluding carboxylic acids is 3. The van der Waals surface area contributed by atoms with E-state index in [1.807, 2.05) is 0 Å². The van der Waals surface area contributed by atoms with Crippen molar-refractivity contribution in [1.29, 1.82) is 0 Å². The molecule has 6 N–H and O–H groups in total. The molecule has 1 aromatic rings. The van der Waals surface area contributed by atoms with Crippen LogP contribution in [0.15, 0.2) is 45.8 Å². The molecule has 0 aromatic heterocycles. The second-order valence-electron chi connectivity index (χ2n) is 4.74. The summed E-state index contributed by atoms with van der Waals surface area (Å²) in [6, 6.07) is 5.64. The summed E-state index contributed by atoms with van der Waals surface area (Å²) in [6.45, 7) is 1.07. The average Bonchev–Trinajstić information content (AvgIpc) is 2.50. The molecular formula is C14H15N3O6S2. The molecule has 0 radical (unpaired) electrons. The van der Waals surface area contributed by atoms with Crippen LogP contribution in [0.3, 0.4) is 0 Å². The third kappa shape index (κ3) is 5.74. The van der Waals surface area contributed by atoms with E-state index in [0.717, 1.165) is 13.0 Å². The van der Waals surface area contributed by atoms with Crippen LogP contribution in [0.25, 0.3) is 0 Å². The first-order chi connectivity index (χ1) is 11.4. The lowest BCUT2D eigenvalue weighted by molar-refractivity contribution is -0.118. The van der Waals surface area contributed by atoms with Crippen LogP contribution in [-0.2, 0) is 19.7 Å². The van der Waals surface area contributed by atoms with E-state index < -0.39 is 43.2 Å². The van der Waals surface area contributed by atoms with Crippen LogP contribution in [0.5, 0.6) is 0 Å². The summed E-state index contributed by atoms with van der Waals surface area (Å²) < 4.78 is 30.7. The van der Waals surface area contributed by atoms with Gasteiger partial charge in [0.15, 0.2) is 10.8 Å². The Morgan fingerprint density at radius 2 is 1.84 bits per heavy atom. The smallest absolute Gasteiger partial charge is 0.310 e. The van der Waals surface area contributed by atoms with E-state index in [1.165, 1.54) is 24.3 Å². The van der Waals surface area contributed by atoms with E-state index in [9.17, 15) is 22.8 Å². The van der Waals surface area contributed by atoms with Gasteiger partial charge in [0, 0.05) is 16.2 Å². The van der Waals surface area contributed by atoms with Gasteiger partial charge in [-0.05, 0) is 31.2 Å². The third-order valence-electron chi connectivity index (χ3n) is 2.84. The van der Waals surface area contributed by atoms with E-state index in [0.29, 0.717) is 0 Å². The van der Waals surface area contributed by atoms with Crippen molar-refractivity contribution in [3.63, 3.8) is 0 Å². The normalized spacial score (nSPS) is 13.0. The Hall–Kier alpha value is -2.63. The van der Waals surface area contributed by atoms with E-state index in [2.05, 4.69) is 17.9 Å². The summed E-state index contributed by atoms with van der Waals surface area (Å²) in [5, 5.41) is 1.34. The van der Waals surface area contributed by atoms with Gasteiger partial charge in [-0.3, -0.25) is 18.9 Å². The van der Waals surface area contributed by atoms with Gasteiger partial charge >= 0.3 is 10.1 Å². The van der Waals surface area contributed by atoms with E-state index in [-0.39, 0.29) is 11.3 Å². The molecule has 1 rings (SSSR count). The van der Waals surface area contributed by atoms with Crippen LogP contribution in [0.2, 0.25) is 0 Å². The Bertz CT molecular complexity index is 903. The second kappa shape index (κ2) is 7.96. The number of ketones is 1. The highest BCUT2D eigenvalue weighted by molar-refractivity contribution is 7.91. The van der Waals surface area contributed by atoms with E-state index >= 15 is 0 Å². The Morgan fingerprint density at radius 3 is 2.32 bits per heavy atom. The standard InChI is InChI=1S/C14H15N3O6S2/c1-7(18)10(6-11(24)13(16)25(21,22)23)14(20)17-9-4-2-3-8(5-9)12(15)19/h2-6,24H,16H2,1H3,(H2,15,19)(H,17,20)(H,21,22,23)/b10-6-,13-11+. The van der Waals surface area contributed by atoms with Gasteiger partial charge in [-0.1, -0.05) is 6.07 Å². The van der Waals surface area contributed by atoms with Crippen LogP contribution in [0.4, 0.5) is 5.69 Å². The highest BCUT2D eigenvalue weighted by Crippen LogP contribution is 2.16. The van der Waals surface area contributed by atoms with E-state index in [4.69, 9.17) is 16.0 Å². The molecule has 0 fully saturated rings. The number of carbonyl (C=O) groups is 3. The molecule has 25 heavy (non-hydrogen) atoms. The number of nitrogens with one attached hydrogen (secondary N) is 1. The zero-order chi connectivity index (χ0) is 19.4. The summed E-state index contributed by atoms with van der Waals surface area (Å²) in [4.78, 5) is 34.5. The second-order valence-corrected chi connectivity index (χ2v) is 6.61. The van der Waals surface area contributed by atoms with Crippen LogP contribution in [0.1, 0.15) is 17.3 Å². The first-order valence-corrected chi connectivity index (χ1v) is 8.42. The summed E-state index contributed by atoms with van der Waals surface area (Å²) in [5.41, 5.74) is 10.2. The van der Waals surface area contributed by atoms with Gasteiger partial charge in [-0.25, -0.2) is 0 Å². The predicted octanol–water partition coefficient (Wildman–Crippen LogP) is 0.185. The lowest BCUT2D eigenvalue weighted by Gasteiger charge is -2.08. The molecule has 0 unspecified atom stereocenters. The largest absolute Gasteiger partial charge is 0.387 e. The monoisotopic (exact) mass is 385 g/mol. The fourth-order valence-corrected chi connectivity index (χ4v) is 2.41. The van der Waals surface area contributed by atoms with Gasteiger partial charge in [0.1, 0.15) is 0 Å². The molecule has 11 heteroatoms. The summed E-state index contributed by atoms with van der Waals surface area (Å²) >= 11 is 3.76. The molecule has 1 aromatic carbocycles. The number of amides is 2. The number of rotatable bonds is 6. The van der Waals surface area contributed by atoms with Gasteiger partial charge in [0.05, 0.1) is 5.57 Å². The lowest BCUT2D eigenvalue weighted by atomic mass is 10.1. The van der Waals surface area contributed by atoms with Crippen molar-refractivity contribution in [3.05, 3.63) is 51.4 Å². The Labute approximate surface area is 148 Å². The molecule has 0 saturated carbocycles. The Kier molecular flexibility index (Phi) is 6.50. The van der Waals surface area contributed by atoms with Crippen LogP contribution in [0, 0.1) is 0 Å². The van der Waals surface area contributed by atoms with Crippen molar-refractivity contribution in [1.82, 2.24) is 0 Å². The van der Waals surface area contributed by atoms with Crippen molar-refractivity contribution < 1.29 is 27.4 Å². The van der Waals surface area contributed by atoms with Crippen molar-refractivity contribution in [2.45, 2.75) is 6.92 Å². The molecule has 2 amide bonds. The minimum absolute atomic E-state index is 0.136. The Balaban J connectivity index is 3.22. The molecule has 0 aliphatic heterocycles. The number of primary amides is 1. The minimum Gasteiger partial charge on any atom is -0.387 e. The minimum atomic E-state index is -4.73. The van der Waals surface area contributed by atoms with Crippen LogP contribution >= 0.6 is 12.6 Å². The van der Waals surface area contributed by atoms with Gasteiger partial charge in [-0.2, -0.15) is 8.42 Å². The average molecular weight is 385 g/mol. The van der Waals surface area contributed by atoms with Crippen molar-refractivity contribution in [2.75, 3.05) is 5.32 Å². The molecule has 0 saturated heterocycles. The molecular weight excluding hydrogens is 370 g/mol. The molecule has 0 atom stereocenters. The predicted molar refractivity (Wildman–Crippen MR) is 94.1 cm³/mol. The maximum Gasteiger partial charge on any atom is 0.310 e. The molecule has 0 heterocycles. The number of allylic oxidation sites excluding steroid dienone is 1. The SMILES string of the molecule is CC(=O)/C(=C/C(S)=C(/N)S(=O)(=O)O)C(=O)Nc1cccc(C(N)=O)c1. The molecule has 134 valence electrons. The lowest BCUT2D eigenvalue weighted by Crippen LogP contribution is -2.20. The number of Topliss-reactive ketones (excluding diaryl/α,β-unsaturated/α-hetero) is 1. The van der Waals surface area contributed by atoms with Gasteiger partial charge in [0.2, 0.25) is 5.91 Å². The molecule has 9 nitrogen and oxygen atoms in total. The first-order valence-electron chi connectivity index (χ1n) is 6.53. The van der Waals surface area contributed by atoms with Gasteiger partial charge < -0.3 is 16.8 Å². The van der Waals surface area contributed by atoms with Gasteiger partial charge in [-0.15, -0.1) is 12.6 Å². The van der Waals surface area contributed by atoms with Crippen molar-refractivity contribution in [3.8, 4) is 0 Å². The summed E-state index contributed by atoms with van der Waals surface area (Å²) in [5.74, 6) is -2.32. The maximum atomic E-state index is 12.2. The summed E-state index contributed by atoms with van der Waals surface area (Å²) in [6.07, 6.45) is 0.807. The topological polar surface area (TPSA) is 170 Å². The van der Waals surface area contributed by atoms with Crippen LogP contribution < -0.4 is 16.8 Å². The Morgan fingerprint density at radius 1 is 1.24 bits per heavy atom. The number of thiol groups is 1.